The van der Waals surface area contributed by atoms with Crippen molar-refractivity contribution in [2.24, 2.45) is 17.6 Å². The lowest BCUT2D eigenvalue weighted by Gasteiger charge is -2.36. The van der Waals surface area contributed by atoms with Crippen molar-refractivity contribution in [3.63, 3.8) is 0 Å². The maximum Gasteiger partial charge on any atom is 0.226 e. The third kappa shape index (κ3) is 3.62. The van der Waals surface area contributed by atoms with Crippen LogP contribution in [0, 0.1) is 11.8 Å². The molecule has 1 saturated carbocycles. The second-order valence-electron chi connectivity index (χ2n) is 6.50. The van der Waals surface area contributed by atoms with E-state index < -0.39 is 10.0 Å². The Morgan fingerprint density at radius 2 is 2.04 bits per heavy atom. The second-order valence-corrected chi connectivity index (χ2v) is 8.47. The summed E-state index contributed by atoms with van der Waals surface area (Å²) < 4.78 is 30.9. The fourth-order valence-electron chi connectivity index (χ4n) is 3.66. The molecule has 3 rings (SSSR count). The molecule has 2 heterocycles. The van der Waals surface area contributed by atoms with Crippen LogP contribution in [0.4, 0.5) is 0 Å². The molecule has 1 aromatic heterocycles. The van der Waals surface area contributed by atoms with Crippen LogP contribution in [0.3, 0.4) is 0 Å². The predicted molar refractivity (Wildman–Crippen MR) is 87.2 cm³/mol. The number of nitrogens with zero attached hydrogens (tertiary/aromatic N) is 3. The Hall–Kier alpha value is -1.45. The molecule has 1 saturated heterocycles. The average Bonchev–Trinajstić information content (AvgIpc) is 3.25. The Balaban J connectivity index is 1.56. The van der Waals surface area contributed by atoms with Gasteiger partial charge in [-0.05, 0) is 25.3 Å². The van der Waals surface area contributed by atoms with Crippen molar-refractivity contribution >= 4 is 15.9 Å². The molecule has 2 atom stereocenters. The van der Waals surface area contributed by atoms with E-state index in [2.05, 4.69) is 9.68 Å². The summed E-state index contributed by atoms with van der Waals surface area (Å²) in [5.41, 5.74) is 6.16. The highest BCUT2D eigenvalue weighted by Gasteiger charge is 2.37. The number of nitrogens with two attached hydrogens (primary N) is 1. The van der Waals surface area contributed by atoms with Gasteiger partial charge in [-0.2, -0.15) is 4.31 Å². The third-order valence-corrected chi connectivity index (χ3v) is 6.86. The van der Waals surface area contributed by atoms with Gasteiger partial charge in [-0.25, -0.2) is 8.42 Å². The summed E-state index contributed by atoms with van der Waals surface area (Å²) in [5.74, 6) is 0.242. The summed E-state index contributed by atoms with van der Waals surface area (Å²) in [5, 5.41) is 3.65. The summed E-state index contributed by atoms with van der Waals surface area (Å²) in [4.78, 5) is 14.5. The number of carbonyl (C=O) groups is 1. The van der Waals surface area contributed by atoms with E-state index in [9.17, 15) is 13.2 Å². The molecular weight excluding hydrogens is 332 g/mol. The van der Waals surface area contributed by atoms with Gasteiger partial charge in [-0.15, -0.1) is 0 Å². The summed E-state index contributed by atoms with van der Waals surface area (Å²) in [6, 6.07) is 1.55. The van der Waals surface area contributed by atoms with Crippen molar-refractivity contribution in [2.45, 2.75) is 25.0 Å². The zero-order chi connectivity index (χ0) is 17.2. The van der Waals surface area contributed by atoms with E-state index in [0.717, 1.165) is 19.3 Å². The number of rotatable bonds is 5. The molecule has 0 unspecified atom stereocenters. The topological polar surface area (TPSA) is 110 Å². The fraction of sp³-hybridized carbons (Fsp3) is 0.733. The van der Waals surface area contributed by atoms with Crippen LogP contribution in [-0.4, -0.2) is 61.4 Å². The first kappa shape index (κ1) is 17.4. The molecule has 2 fully saturated rings. The molecule has 24 heavy (non-hydrogen) atoms. The molecule has 134 valence electrons. The van der Waals surface area contributed by atoms with Crippen LogP contribution in [0.2, 0.25) is 0 Å². The first-order valence-electron chi connectivity index (χ1n) is 8.37. The summed E-state index contributed by atoms with van der Waals surface area (Å²) in [6.07, 6.45) is 4.31. The largest absolute Gasteiger partial charge is 0.364 e. The number of hydrogen-bond acceptors (Lipinski definition) is 6. The number of carbonyl (C=O) groups excluding carboxylic acids is 1. The van der Waals surface area contributed by atoms with Crippen molar-refractivity contribution in [3.05, 3.63) is 18.0 Å². The molecule has 9 heteroatoms. The maximum absolute atomic E-state index is 12.7. The Bertz CT molecular complexity index is 653. The van der Waals surface area contributed by atoms with Crippen molar-refractivity contribution < 1.29 is 17.7 Å². The van der Waals surface area contributed by atoms with E-state index in [4.69, 9.17) is 5.73 Å². The van der Waals surface area contributed by atoms with Crippen LogP contribution < -0.4 is 5.73 Å². The molecule has 1 aromatic rings. The van der Waals surface area contributed by atoms with Gasteiger partial charge in [0.1, 0.15) is 12.0 Å². The minimum absolute atomic E-state index is 0.00767. The van der Waals surface area contributed by atoms with Gasteiger partial charge in [0, 0.05) is 38.2 Å². The van der Waals surface area contributed by atoms with E-state index in [1.165, 1.54) is 10.6 Å². The number of aromatic nitrogens is 1. The molecule has 1 amide bonds. The summed E-state index contributed by atoms with van der Waals surface area (Å²) in [6.45, 7) is 2.07. The third-order valence-electron chi connectivity index (χ3n) is 5.04. The molecule has 2 aliphatic rings. The van der Waals surface area contributed by atoms with Crippen LogP contribution >= 0.6 is 0 Å². The van der Waals surface area contributed by atoms with Gasteiger partial charge in [0.25, 0.3) is 0 Å². The Morgan fingerprint density at radius 1 is 1.29 bits per heavy atom. The summed E-state index contributed by atoms with van der Waals surface area (Å²) >= 11 is 0. The zero-order valence-corrected chi connectivity index (χ0v) is 14.5. The highest BCUT2D eigenvalue weighted by atomic mass is 32.2. The highest BCUT2D eigenvalue weighted by molar-refractivity contribution is 7.88. The standard InChI is InChI=1S/C15H24N4O4S/c16-10-12-2-1-3-14(12)15(20)18-5-7-19(8-6-18)24(21,22)11-13-4-9-23-17-13/h4,9,12,14H,1-3,5-8,10-11,16H2/t12-,14-/m1/s1. The van der Waals surface area contributed by atoms with E-state index >= 15 is 0 Å². The van der Waals surface area contributed by atoms with Crippen LogP contribution in [0.1, 0.15) is 25.0 Å². The minimum Gasteiger partial charge on any atom is -0.364 e. The Labute approximate surface area is 142 Å². The molecule has 8 nitrogen and oxygen atoms in total. The quantitative estimate of drug-likeness (QED) is 0.797. The lowest BCUT2D eigenvalue weighted by molar-refractivity contribution is -0.137. The molecular formula is C15H24N4O4S. The van der Waals surface area contributed by atoms with Crippen molar-refractivity contribution in [2.75, 3.05) is 32.7 Å². The number of amides is 1. The van der Waals surface area contributed by atoms with Crippen LogP contribution in [0.5, 0.6) is 0 Å². The molecule has 0 aromatic carbocycles. The predicted octanol–water partition coefficient (Wildman–Crippen LogP) is 0.0236. The normalized spacial score (nSPS) is 26.0. The minimum atomic E-state index is -3.44. The molecule has 1 aliphatic carbocycles. The highest BCUT2D eigenvalue weighted by Crippen LogP contribution is 2.32. The molecule has 0 bridgehead atoms. The van der Waals surface area contributed by atoms with E-state index in [1.807, 2.05) is 0 Å². The van der Waals surface area contributed by atoms with Crippen LogP contribution in [0.15, 0.2) is 16.9 Å². The van der Waals surface area contributed by atoms with Gasteiger partial charge in [-0.3, -0.25) is 4.79 Å². The lowest BCUT2D eigenvalue weighted by atomic mass is 9.94. The monoisotopic (exact) mass is 356 g/mol. The molecule has 0 radical (unpaired) electrons. The number of sulfonamides is 1. The lowest BCUT2D eigenvalue weighted by Crippen LogP contribution is -2.52. The number of piperazine rings is 1. The Kier molecular flexibility index (Phi) is 5.21. The van der Waals surface area contributed by atoms with Crippen molar-refractivity contribution in [3.8, 4) is 0 Å². The van der Waals surface area contributed by atoms with Crippen molar-refractivity contribution in [1.82, 2.24) is 14.4 Å². The zero-order valence-electron chi connectivity index (χ0n) is 13.6. The number of hydrogen-bond donors (Lipinski definition) is 1. The van der Waals surface area contributed by atoms with E-state index in [-0.39, 0.29) is 23.5 Å². The van der Waals surface area contributed by atoms with Gasteiger partial charge in [-0.1, -0.05) is 11.6 Å². The van der Waals surface area contributed by atoms with Crippen LogP contribution in [0.25, 0.3) is 0 Å². The van der Waals surface area contributed by atoms with Gasteiger partial charge >= 0.3 is 0 Å². The summed E-state index contributed by atoms with van der Waals surface area (Å²) in [7, 11) is -3.44. The molecule has 1 aliphatic heterocycles. The smallest absolute Gasteiger partial charge is 0.226 e. The van der Waals surface area contributed by atoms with Gasteiger partial charge in [0.2, 0.25) is 15.9 Å². The van der Waals surface area contributed by atoms with Gasteiger partial charge < -0.3 is 15.2 Å². The van der Waals surface area contributed by atoms with Crippen LogP contribution in [-0.2, 0) is 20.6 Å². The first-order chi connectivity index (χ1) is 11.5. The SMILES string of the molecule is NC[C@H]1CCC[C@H]1C(=O)N1CCN(S(=O)(=O)Cc2ccon2)CC1. The average molecular weight is 356 g/mol. The maximum atomic E-state index is 12.7. The molecule has 0 spiro atoms. The van der Waals surface area contributed by atoms with E-state index in [0.29, 0.717) is 38.4 Å². The first-order valence-corrected chi connectivity index (χ1v) is 9.98. The second kappa shape index (κ2) is 7.20. The molecule has 2 N–H and O–H groups in total. The van der Waals surface area contributed by atoms with E-state index in [1.54, 1.807) is 11.0 Å². The fourth-order valence-corrected chi connectivity index (χ4v) is 5.08. The van der Waals surface area contributed by atoms with Gasteiger partial charge in [0.05, 0.1) is 5.69 Å². The van der Waals surface area contributed by atoms with Gasteiger partial charge in [0.15, 0.2) is 0 Å². The van der Waals surface area contributed by atoms with Crippen molar-refractivity contribution in [1.29, 1.82) is 0 Å². The Morgan fingerprint density at radius 3 is 2.67 bits per heavy atom.